The van der Waals surface area contributed by atoms with Gasteiger partial charge in [0.1, 0.15) is 12.4 Å². The zero-order chi connectivity index (χ0) is 7.68. The van der Waals surface area contributed by atoms with Gasteiger partial charge >= 0.3 is 0 Å². The zero-order valence-electron chi connectivity index (χ0n) is 6.05. The molecule has 0 saturated carbocycles. The van der Waals surface area contributed by atoms with E-state index in [1.54, 1.807) is 0 Å². The fourth-order valence-corrected chi connectivity index (χ4v) is 1.27. The summed E-state index contributed by atoms with van der Waals surface area (Å²) in [4.78, 5) is 15.2. The van der Waals surface area contributed by atoms with Gasteiger partial charge in [0, 0.05) is 18.3 Å². The van der Waals surface area contributed by atoms with Crippen molar-refractivity contribution in [1.82, 2.24) is 10.6 Å². The van der Waals surface area contributed by atoms with Crippen molar-refractivity contribution < 1.29 is 4.79 Å². The Morgan fingerprint density at radius 3 is 3.27 bits per heavy atom. The normalized spacial score (nSPS) is 22.4. The molecule has 1 amide bonds. The van der Waals surface area contributed by atoms with Gasteiger partial charge in [-0.1, -0.05) is 0 Å². The molecule has 4 heteroatoms. The van der Waals surface area contributed by atoms with Crippen molar-refractivity contribution in [1.29, 1.82) is 0 Å². The summed E-state index contributed by atoms with van der Waals surface area (Å²) in [5.41, 5.74) is 1.63. The van der Waals surface area contributed by atoms with E-state index < -0.39 is 0 Å². The molecule has 0 aromatic carbocycles. The van der Waals surface area contributed by atoms with Crippen LogP contribution < -0.4 is 10.6 Å². The fourth-order valence-electron chi connectivity index (χ4n) is 1.27. The first-order chi connectivity index (χ1) is 5.38. The smallest absolute Gasteiger partial charge is 0.269 e. The Morgan fingerprint density at radius 2 is 2.45 bits per heavy atom. The summed E-state index contributed by atoms with van der Waals surface area (Å²) in [6, 6.07) is 0. The Balaban J connectivity index is 2.31. The van der Waals surface area contributed by atoms with Gasteiger partial charge in [-0.15, -0.1) is 0 Å². The number of carbonyl (C=O) groups excluding carboxylic acids is 1. The maximum Gasteiger partial charge on any atom is 0.269 e. The Labute approximate surface area is 64.4 Å². The maximum atomic E-state index is 11.1. The number of nitrogens with zero attached hydrogens (tertiary/aromatic N) is 1. The highest BCUT2D eigenvalue weighted by atomic mass is 16.1. The van der Waals surface area contributed by atoms with Gasteiger partial charge in [0.15, 0.2) is 0 Å². The predicted octanol–water partition coefficient (Wildman–Crippen LogP) is -0.608. The lowest BCUT2D eigenvalue weighted by Gasteiger charge is -2.20. The highest BCUT2D eigenvalue weighted by molar-refractivity contribution is 6.46. The number of hydrogen-bond acceptors (Lipinski definition) is 3. The Bertz CT molecular complexity index is 254. The molecule has 4 nitrogen and oxygen atoms in total. The van der Waals surface area contributed by atoms with Gasteiger partial charge in [0.25, 0.3) is 5.91 Å². The summed E-state index contributed by atoms with van der Waals surface area (Å²) >= 11 is 0. The molecule has 0 bridgehead atoms. The molecule has 0 aromatic heterocycles. The van der Waals surface area contributed by atoms with Crippen LogP contribution in [-0.4, -0.2) is 24.8 Å². The second-order valence-electron chi connectivity index (χ2n) is 2.54. The van der Waals surface area contributed by atoms with E-state index in [0.29, 0.717) is 12.4 Å². The third kappa shape index (κ3) is 1.00. The van der Waals surface area contributed by atoms with Gasteiger partial charge in [-0.25, -0.2) is 0 Å². The lowest BCUT2D eigenvalue weighted by atomic mass is 10.0. The molecule has 2 aliphatic heterocycles. The monoisotopic (exact) mass is 151 g/mol. The van der Waals surface area contributed by atoms with E-state index in [2.05, 4.69) is 15.6 Å². The van der Waals surface area contributed by atoms with Crippen molar-refractivity contribution in [3.8, 4) is 0 Å². The molecule has 2 rings (SSSR count). The van der Waals surface area contributed by atoms with Gasteiger partial charge in [0.2, 0.25) is 0 Å². The van der Waals surface area contributed by atoms with Crippen molar-refractivity contribution in [2.24, 2.45) is 4.99 Å². The van der Waals surface area contributed by atoms with Gasteiger partial charge < -0.3 is 10.6 Å². The SMILES string of the molecule is O=C1NCCC2=CNCN=C12. The van der Waals surface area contributed by atoms with Crippen LogP contribution in [0.25, 0.3) is 0 Å². The van der Waals surface area contributed by atoms with Crippen LogP contribution in [0, 0.1) is 0 Å². The van der Waals surface area contributed by atoms with E-state index in [4.69, 9.17) is 0 Å². The molecule has 1 saturated heterocycles. The van der Waals surface area contributed by atoms with E-state index >= 15 is 0 Å². The highest BCUT2D eigenvalue weighted by Gasteiger charge is 2.22. The fraction of sp³-hybridized carbons (Fsp3) is 0.429. The van der Waals surface area contributed by atoms with Crippen LogP contribution in [-0.2, 0) is 4.79 Å². The molecule has 0 aromatic rings. The van der Waals surface area contributed by atoms with Crippen LogP contribution >= 0.6 is 0 Å². The lowest BCUT2D eigenvalue weighted by Crippen LogP contribution is -2.41. The Morgan fingerprint density at radius 1 is 1.55 bits per heavy atom. The quantitative estimate of drug-likeness (QED) is 0.485. The molecule has 58 valence electrons. The number of fused-ring (bicyclic) bond motifs is 1. The number of nitrogens with one attached hydrogen (secondary N) is 2. The molecule has 1 fully saturated rings. The number of aliphatic imine (C=N–C) groups is 1. The molecule has 0 atom stereocenters. The highest BCUT2D eigenvalue weighted by Crippen LogP contribution is 2.10. The standard InChI is InChI=1S/C7H9N3O/c11-7-6-5(1-2-9-7)3-8-4-10-6/h3,8H,1-2,4H2,(H,9,11). The minimum Gasteiger partial charge on any atom is -0.372 e. The topological polar surface area (TPSA) is 53.5 Å². The van der Waals surface area contributed by atoms with Crippen molar-refractivity contribution in [3.63, 3.8) is 0 Å². The number of hydrogen-bond donors (Lipinski definition) is 2. The Hall–Kier alpha value is -1.32. The molecule has 0 spiro atoms. The Kier molecular flexibility index (Phi) is 1.38. The van der Waals surface area contributed by atoms with Crippen LogP contribution in [0.2, 0.25) is 0 Å². The van der Waals surface area contributed by atoms with Crippen molar-refractivity contribution in [2.75, 3.05) is 13.2 Å². The largest absolute Gasteiger partial charge is 0.372 e. The van der Waals surface area contributed by atoms with Gasteiger partial charge in [-0.05, 0) is 6.42 Å². The molecule has 2 heterocycles. The number of carbonyl (C=O) groups is 1. The summed E-state index contributed by atoms with van der Waals surface area (Å²) in [6.07, 6.45) is 2.76. The van der Waals surface area contributed by atoms with Gasteiger partial charge in [0.05, 0.1) is 0 Å². The van der Waals surface area contributed by atoms with E-state index in [9.17, 15) is 4.79 Å². The maximum absolute atomic E-state index is 11.1. The molecule has 2 N–H and O–H groups in total. The molecular weight excluding hydrogens is 142 g/mol. The van der Waals surface area contributed by atoms with E-state index in [0.717, 1.165) is 18.5 Å². The molecule has 11 heavy (non-hydrogen) atoms. The lowest BCUT2D eigenvalue weighted by molar-refractivity contribution is -0.115. The first kappa shape index (κ1) is 6.39. The third-order valence-corrected chi connectivity index (χ3v) is 1.80. The second-order valence-corrected chi connectivity index (χ2v) is 2.54. The van der Waals surface area contributed by atoms with Crippen LogP contribution in [0.15, 0.2) is 16.8 Å². The second kappa shape index (κ2) is 2.38. The number of amides is 1. The molecule has 0 unspecified atom stereocenters. The van der Waals surface area contributed by atoms with E-state index in [1.807, 2.05) is 6.20 Å². The van der Waals surface area contributed by atoms with Crippen molar-refractivity contribution >= 4 is 11.6 Å². The summed E-state index contributed by atoms with van der Waals surface area (Å²) in [5, 5.41) is 5.72. The van der Waals surface area contributed by atoms with Crippen molar-refractivity contribution in [3.05, 3.63) is 11.8 Å². The van der Waals surface area contributed by atoms with Crippen LogP contribution in [0.5, 0.6) is 0 Å². The van der Waals surface area contributed by atoms with E-state index in [-0.39, 0.29) is 5.91 Å². The van der Waals surface area contributed by atoms with Gasteiger partial charge in [-0.3, -0.25) is 9.79 Å². The average molecular weight is 151 g/mol. The number of piperidine rings is 1. The summed E-state index contributed by atoms with van der Waals surface area (Å²) < 4.78 is 0. The zero-order valence-corrected chi connectivity index (χ0v) is 6.05. The number of rotatable bonds is 0. The third-order valence-electron chi connectivity index (χ3n) is 1.80. The van der Waals surface area contributed by atoms with Gasteiger partial charge in [-0.2, -0.15) is 0 Å². The summed E-state index contributed by atoms with van der Waals surface area (Å²) in [6.45, 7) is 1.25. The minimum atomic E-state index is -0.0380. The molecule has 2 aliphatic rings. The first-order valence-corrected chi connectivity index (χ1v) is 3.63. The first-order valence-electron chi connectivity index (χ1n) is 3.63. The van der Waals surface area contributed by atoms with E-state index in [1.165, 1.54) is 0 Å². The summed E-state index contributed by atoms with van der Waals surface area (Å²) in [7, 11) is 0. The molecule has 0 aliphatic carbocycles. The average Bonchev–Trinajstić information content (AvgIpc) is 2.06. The van der Waals surface area contributed by atoms with Crippen LogP contribution in [0.3, 0.4) is 0 Å². The predicted molar refractivity (Wildman–Crippen MR) is 41.1 cm³/mol. The molecular formula is C7H9N3O. The van der Waals surface area contributed by atoms with Crippen LogP contribution in [0.1, 0.15) is 6.42 Å². The van der Waals surface area contributed by atoms with Crippen LogP contribution in [0.4, 0.5) is 0 Å². The molecule has 0 radical (unpaired) electrons. The summed E-state index contributed by atoms with van der Waals surface area (Å²) in [5.74, 6) is -0.0380. The van der Waals surface area contributed by atoms with Crippen molar-refractivity contribution in [2.45, 2.75) is 6.42 Å². The minimum absolute atomic E-state index is 0.0380.